The van der Waals surface area contributed by atoms with E-state index in [9.17, 15) is 4.79 Å². The smallest absolute Gasteiger partial charge is 0.228 e. The van der Waals surface area contributed by atoms with Crippen molar-refractivity contribution < 1.29 is 4.79 Å². The maximum Gasteiger partial charge on any atom is 0.228 e. The highest BCUT2D eigenvalue weighted by Gasteiger charge is 2.36. The van der Waals surface area contributed by atoms with Gasteiger partial charge in [-0.3, -0.25) is 9.48 Å². The van der Waals surface area contributed by atoms with E-state index in [-0.39, 0.29) is 17.4 Å². The Kier molecular flexibility index (Phi) is 4.43. The fourth-order valence-corrected chi connectivity index (χ4v) is 3.33. The molecule has 3 rings (SSSR count). The number of carbonyl (C=O) groups is 1. The molecule has 1 amide bonds. The van der Waals surface area contributed by atoms with Crippen molar-refractivity contribution in [2.75, 3.05) is 6.54 Å². The minimum Gasteiger partial charge on any atom is -0.334 e. The van der Waals surface area contributed by atoms with E-state index in [4.69, 9.17) is 4.98 Å². The Morgan fingerprint density at radius 1 is 1.29 bits per heavy atom. The predicted molar refractivity (Wildman–Crippen MR) is 94.3 cm³/mol. The van der Waals surface area contributed by atoms with Gasteiger partial charge in [0.1, 0.15) is 0 Å². The van der Waals surface area contributed by atoms with Crippen LogP contribution in [-0.2, 0) is 11.3 Å². The summed E-state index contributed by atoms with van der Waals surface area (Å²) in [5.74, 6) is 0.204. The summed E-state index contributed by atoms with van der Waals surface area (Å²) >= 11 is 0. The largest absolute Gasteiger partial charge is 0.334 e. The van der Waals surface area contributed by atoms with E-state index in [1.807, 2.05) is 54.6 Å². The van der Waals surface area contributed by atoms with Gasteiger partial charge in [0.25, 0.3) is 0 Å². The second kappa shape index (κ2) is 6.38. The first-order valence-electron chi connectivity index (χ1n) is 8.72. The first-order valence-corrected chi connectivity index (χ1v) is 8.72. The van der Waals surface area contributed by atoms with Crippen molar-refractivity contribution in [3.05, 3.63) is 36.2 Å². The summed E-state index contributed by atoms with van der Waals surface area (Å²) in [6.07, 6.45) is 3.81. The van der Waals surface area contributed by atoms with Gasteiger partial charge in [0.15, 0.2) is 0 Å². The molecular formula is C19H26N4O. The van der Waals surface area contributed by atoms with Crippen LogP contribution in [0.1, 0.15) is 52.3 Å². The number of aryl methyl sites for hydroxylation is 1. The molecule has 0 aliphatic carbocycles. The van der Waals surface area contributed by atoms with E-state index in [0.29, 0.717) is 0 Å². The first kappa shape index (κ1) is 16.7. The molecule has 0 bridgehead atoms. The topological polar surface area (TPSA) is 51.0 Å². The first-order chi connectivity index (χ1) is 11.4. The zero-order valence-corrected chi connectivity index (χ0v) is 15.0. The fourth-order valence-electron chi connectivity index (χ4n) is 3.33. The minimum atomic E-state index is -0.360. The number of likely N-dealkylation sites (tertiary alicyclic amines) is 1. The number of rotatable bonds is 3. The van der Waals surface area contributed by atoms with Crippen LogP contribution < -0.4 is 0 Å². The van der Waals surface area contributed by atoms with Gasteiger partial charge in [-0.2, -0.15) is 5.10 Å². The van der Waals surface area contributed by atoms with Crippen molar-refractivity contribution in [3.63, 3.8) is 0 Å². The van der Waals surface area contributed by atoms with Crippen molar-refractivity contribution in [2.45, 2.75) is 53.1 Å². The molecule has 0 N–H and O–H groups in total. The third-order valence-electron chi connectivity index (χ3n) is 4.55. The average molecular weight is 326 g/mol. The predicted octanol–water partition coefficient (Wildman–Crippen LogP) is 3.67. The summed E-state index contributed by atoms with van der Waals surface area (Å²) in [6, 6.07) is 8.15. The summed E-state index contributed by atoms with van der Waals surface area (Å²) in [5.41, 5.74) is 2.56. The SMILES string of the molecule is CCn1nccc1-c1cccc(C2CCCN2C(=O)C(C)(C)C)n1. The molecule has 1 saturated heterocycles. The molecule has 0 aromatic carbocycles. The number of hydrogen-bond donors (Lipinski definition) is 0. The van der Waals surface area contributed by atoms with E-state index >= 15 is 0 Å². The molecule has 5 nitrogen and oxygen atoms in total. The van der Waals surface area contributed by atoms with E-state index in [1.54, 1.807) is 6.20 Å². The molecule has 1 aliphatic rings. The van der Waals surface area contributed by atoms with E-state index in [1.165, 1.54) is 0 Å². The highest BCUT2D eigenvalue weighted by Crippen LogP contribution is 2.35. The molecule has 1 atom stereocenters. The van der Waals surface area contributed by atoms with E-state index in [0.717, 1.165) is 43.0 Å². The van der Waals surface area contributed by atoms with Crippen LogP contribution in [0, 0.1) is 5.41 Å². The van der Waals surface area contributed by atoms with Crippen molar-refractivity contribution in [1.29, 1.82) is 0 Å². The Morgan fingerprint density at radius 2 is 2.08 bits per heavy atom. The van der Waals surface area contributed by atoms with Gasteiger partial charge in [0, 0.05) is 24.7 Å². The molecule has 1 fully saturated rings. The second-order valence-electron chi connectivity index (χ2n) is 7.39. The third kappa shape index (κ3) is 3.07. The van der Waals surface area contributed by atoms with Crippen LogP contribution in [-0.4, -0.2) is 32.1 Å². The van der Waals surface area contributed by atoms with E-state index < -0.39 is 0 Å². The monoisotopic (exact) mass is 326 g/mol. The third-order valence-corrected chi connectivity index (χ3v) is 4.55. The summed E-state index contributed by atoms with van der Waals surface area (Å²) in [7, 11) is 0. The standard InChI is InChI=1S/C19H26N4O/c1-5-23-17(11-12-20-23)15-9-6-8-14(21-15)16-10-7-13-22(16)18(24)19(2,3)4/h6,8-9,11-12,16H,5,7,10,13H2,1-4H3. The van der Waals surface area contributed by atoms with Crippen molar-refractivity contribution in [2.24, 2.45) is 5.41 Å². The fraction of sp³-hybridized carbons (Fsp3) is 0.526. The Bertz CT molecular complexity index is 729. The van der Waals surface area contributed by atoms with Crippen LogP contribution in [0.4, 0.5) is 0 Å². The molecule has 5 heteroatoms. The Labute approximate surface area is 143 Å². The minimum absolute atomic E-state index is 0.0784. The molecule has 0 spiro atoms. The number of carbonyl (C=O) groups excluding carboxylic acids is 1. The van der Waals surface area contributed by atoms with Crippen molar-refractivity contribution >= 4 is 5.91 Å². The van der Waals surface area contributed by atoms with Gasteiger partial charge in [-0.15, -0.1) is 0 Å². The van der Waals surface area contributed by atoms with Crippen molar-refractivity contribution in [1.82, 2.24) is 19.7 Å². The van der Waals surface area contributed by atoms with Crippen molar-refractivity contribution in [3.8, 4) is 11.4 Å². The van der Waals surface area contributed by atoms with Gasteiger partial charge in [-0.05, 0) is 38.0 Å². The van der Waals surface area contributed by atoms with E-state index in [2.05, 4.69) is 12.0 Å². The molecule has 2 aromatic rings. The van der Waals surface area contributed by atoms with Crippen LogP contribution in [0.5, 0.6) is 0 Å². The molecule has 0 radical (unpaired) electrons. The number of pyridine rings is 1. The molecule has 24 heavy (non-hydrogen) atoms. The summed E-state index contributed by atoms with van der Waals surface area (Å²) < 4.78 is 1.94. The molecule has 1 unspecified atom stereocenters. The maximum absolute atomic E-state index is 12.7. The average Bonchev–Trinajstić information content (AvgIpc) is 3.22. The van der Waals surface area contributed by atoms with Gasteiger partial charge in [0.2, 0.25) is 5.91 Å². The lowest BCUT2D eigenvalue weighted by Gasteiger charge is -2.30. The van der Waals surface area contributed by atoms with Crippen LogP contribution in [0.3, 0.4) is 0 Å². The lowest BCUT2D eigenvalue weighted by atomic mass is 9.94. The van der Waals surface area contributed by atoms with Gasteiger partial charge in [-0.1, -0.05) is 26.8 Å². The van der Waals surface area contributed by atoms with Crippen LogP contribution in [0.2, 0.25) is 0 Å². The maximum atomic E-state index is 12.7. The Hall–Kier alpha value is -2.17. The van der Waals surface area contributed by atoms with Crippen LogP contribution in [0.25, 0.3) is 11.4 Å². The molecule has 3 heterocycles. The van der Waals surface area contributed by atoms with Crippen LogP contribution in [0.15, 0.2) is 30.5 Å². The van der Waals surface area contributed by atoms with Gasteiger partial charge < -0.3 is 4.90 Å². The molecule has 1 aliphatic heterocycles. The zero-order valence-electron chi connectivity index (χ0n) is 15.0. The van der Waals surface area contributed by atoms with Gasteiger partial charge in [-0.25, -0.2) is 4.98 Å². The number of aromatic nitrogens is 3. The number of hydrogen-bond acceptors (Lipinski definition) is 3. The molecule has 2 aromatic heterocycles. The van der Waals surface area contributed by atoms with Gasteiger partial charge in [0.05, 0.1) is 23.1 Å². The number of nitrogens with zero attached hydrogens (tertiary/aromatic N) is 4. The quantitative estimate of drug-likeness (QED) is 0.864. The van der Waals surface area contributed by atoms with Gasteiger partial charge >= 0.3 is 0 Å². The lowest BCUT2D eigenvalue weighted by Crippen LogP contribution is -2.39. The Morgan fingerprint density at radius 3 is 2.79 bits per heavy atom. The molecule has 128 valence electrons. The Balaban J connectivity index is 1.92. The van der Waals surface area contributed by atoms with Crippen LogP contribution >= 0.6 is 0 Å². The highest BCUT2D eigenvalue weighted by atomic mass is 16.2. The molecular weight excluding hydrogens is 300 g/mol. The summed E-state index contributed by atoms with van der Waals surface area (Å²) in [6.45, 7) is 9.64. The summed E-state index contributed by atoms with van der Waals surface area (Å²) in [4.78, 5) is 19.6. The lowest BCUT2D eigenvalue weighted by molar-refractivity contribution is -0.140. The summed E-state index contributed by atoms with van der Waals surface area (Å²) in [5, 5.41) is 4.33. The normalized spacial score (nSPS) is 18.2. The number of amides is 1. The zero-order chi connectivity index (χ0) is 17.3. The second-order valence-corrected chi connectivity index (χ2v) is 7.39. The highest BCUT2D eigenvalue weighted by molar-refractivity contribution is 5.82. The molecule has 0 saturated carbocycles.